The fraction of sp³-hybridized carbons (Fsp3) is 0.333. The van der Waals surface area contributed by atoms with E-state index < -0.39 is 11.7 Å². The van der Waals surface area contributed by atoms with E-state index in [2.05, 4.69) is 20.3 Å². The number of carbonyl (C=O) groups is 1. The van der Waals surface area contributed by atoms with E-state index in [4.69, 9.17) is 11.6 Å². The largest absolute Gasteiger partial charge is 0.347 e. The van der Waals surface area contributed by atoms with Gasteiger partial charge in [0.15, 0.2) is 5.82 Å². The number of nitrogens with one attached hydrogen (secondary N) is 1. The molecule has 24 heavy (non-hydrogen) atoms. The Morgan fingerprint density at radius 3 is 2.21 bits per heavy atom. The lowest BCUT2D eigenvalue weighted by Gasteiger charge is -2.16. The van der Waals surface area contributed by atoms with E-state index in [1.165, 1.54) is 12.1 Å². The van der Waals surface area contributed by atoms with Crippen molar-refractivity contribution in [3.63, 3.8) is 0 Å². The average molecular weight is 353 g/mol. The first-order chi connectivity index (χ1) is 11.3. The zero-order valence-corrected chi connectivity index (χ0v) is 14.6. The van der Waals surface area contributed by atoms with Crippen molar-refractivity contribution in [3.05, 3.63) is 40.4 Å². The molecule has 1 N–H and O–H groups in total. The first kappa shape index (κ1) is 17.9. The number of anilines is 2. The van der Waals surface area contributed by atoms with Crippen LogP contribution in [0, 0.1) is 5.82 Å². The van der Waals surface area contributed by atoms with Crippen molar-refractivity contribution in [2.75, 3.05) is 38.0 Å². The average Bonchev–Trinajstić information content (AvgIpc) is 2.52. The maximum Gasteiger partial charge on any atom is 0.253 e. The zero-order valence-electron chi connectivity index (χ0n) is 13.8. The lowest BCUT2D eigenvalue weighted by Crippen LogP contribution is -2.26. The minimum atomic E-state index is -0.500. The minimum absolute atomic E-state index is 0.0473. The molecule has 2 aromatic rings. The number of aromatic nitrogens is 3. The summed E-state index contributed by atoms with van der Waals surface area (Å²) < 4.78 is 13.0. The fourth-order valence-electron chi connectivity index (χ4n) is 1.80. The SMILES string of the molecule is CN(C)c1nc(CNC(=O)c2ccc(F)cc2Cl)nc(N(C)C)n1. The molecule has 0 fully saturated rings. The summed E-state index contributed by atoms with van der Waals surface area (Å²) in [5.41, 5.74) is 0.188. The molecule has 0 aliphatic heterocycles. The van der Waals surface area contributed by atoms with Gasteiger partial charge in [-0.05, 0) is 18.2 Å². The summed E-state index contributed by atoms with van der Waals surface area (Å²) in [6.07, 6.45) is 0. The second-order valence-corrected chi connectivity index (χ2v) is 5.85. The fourth-order valence-corrected chi connectivity index (χ4v) is 2.06. The second-order valence-electron chi connectivity index (χ2n) is 5.45. The Hall–Kier alpha value is -2.48. The monoisotopic (exact) mass is 352 g/mol. The third-order valence-corrected chi connectivity index (χ3v) is 3.35. The highest BCUT2D eigenvalue weighted by Gasteiger charge is 2.13. The lowest BCUT2D eigenvalue weighted by molar-refractivity contribution is 0.0950. The molecule has 1 aromatic heterocycles. The Balaban J connectivity index is 2.17. The van der Waals surface area contributed by atoms with Gasteiger partial charge in [-0.15, -0.1) is 0 Å². The van der Waals surface area contributed by atoms with Gasteiger partial charge < -0.3 is 15.1 Å². The summed E-state index contributed by atoms with van der Waals surface area (Å²) in [5.74, 6) is 0.443. The van der Waals surface area contributed by atoms with Crippen molar-refractivity contribution in [2.24, 2.45) is 0 Å². The lowest BCUT2D eigenvalue weighted by atomic mass is 10.2. The van der Waals surface area contributed by atoms with E-state index in [0.29, 0.717) is 17.7 Å². The molecule has 1 heterocycles. The Labute approximate surface area is 144 Å². The third kappa shape index (κ3) is 4.29. The Morgan fingerprint density at radius 2 is 1.71 bits per heavy atom. The normalized spacial score (nSPS) is 10.4. The molecule has 0 saturated carbocycles. The van der Waals surface area contributed by atoms with Crippen LogP contribution >= 0.6 is 11.6 Å². The molecule has 0 atom stereocenters. The van der Waals surface area contributed by atoms with Crippen molar-refractivity contribution in [1.82, 2.24) is 20.3 Å². The van der Waals surface area contributed by atoms with E-state index in [0.717, 1.165) is 6.07 Å². The van der Waals surface area contributed by atoms with Gasteiger partial charge in [-0.25, -0.2) is 4.39 Å². The Morgan fingerprint density at radius 1 is 1.12 bits per heavy atom. The van der Waals surface area contributed by atoms with Crippen LogP contribution in [0.5, 0.6) is 0 Å². The molecule has 0 spiro atoms. The summed E-state index contributed by atoms with van der Waals surface area (Å²) in [5, 5.41) is 2.72. The molecule has 0 radical (unpaired) electrons. The van der Waals surface area contributed by atoms with Crippen molar-refractivity contribution < 1.29 is 9.18 Å². The van der Waals surface area contributed by atoms with Crippen LogP contribution in [0.1, 0.15) is 16.2 Å². The van der Waals surface area contributed by atoms with Crippen molar-refractivity contribution in [3.8, 4) is 0 Å². The summed E-state index contributed by atoms with van der Waals surface area (Å²) >= 11 is 5.88. The highest BCUT2D eigenvalue weighted by Crippen LogP contribution is 2.17. The standard InChI is InChI=1S/C15H18ClFN6O/c1-22(2)14-19-12(20-15(21-14)23(3)4)8-18-13(24)10-6-5-9(17)7-11(10)16/h5-7H,8H2,1-4H3,(H,18,24). The van der Waals surface area contributed by atoms with Gasteiger partial charge in [-0.1, -0.05) is 11.6 Å². The topological polar surface area (TPSA) is 74.2 Å². The molecule has 0 unspecified atom stereocenters. The molecule has 2 rings (SSSR count). The predicted molar refractivity (Wildman–Crippen MR) is 91.1 cm³/mol. The molecule has 0 aliphatic rings. The second kappa shape index (κ2) is 7.39. The van der Waals surface area contributed by atoms with E-state index in [1.807, 2.05) is 28.2 Å². The molecular formula is C15H18ClFN6O. The van der Waals surface area contributed by atoms with Gasteiger partial charge in [0, 0.05) is 28.2 Å². The van der Waals surface area contributed by atoms with Crippen LogP contribution in [-0.4, -0.2) is 49.0 Å². The van der Waals surface area contributed by atoms with Crippen molar-refractivity contribution >= 4 is 29.4 Å². The van der Waals surface area contributed by atoms with E-state index in [-0.39, 0.29) is 17.1 Å². The number of hydrogen-bond donors (Lipinski definition) is 1. The number of halogens is 2. The number of rotatable bonds is 5. The smallest absolute Gasteiger partial charge is 0.253 e. The summed E-state index contributed by atoms with van der Waals surface area (Å²) in [6, 6.07) is 3.60. The molecule has 1 amide bonds. The number of carbonyl (C=O) groups excluding carboxylic acids is 1. The maximum atomic E-state index is 13.0. The number of hydrogen-bond acceptors (Lipinski definition) is 6. The Bertz CT molecular complexity index is 726. The minimum Gasteiger partial charge on any atom is -0.347 e. The van der Waals surface area contributed by atoms with E-state index in [9.17, 15) is 9.18 Å². The van der Waals surface area contributed by atoms with Gasteiger partial charge in [-0.2, -0.15) is 15.0 Å². The molecule has 1 aromatic carbocycles. The van der Waals surface area contributed by atoms with Crippen LogP contribution < -0.4 is 15.1 Å². The van der Waals surface area contributed by atoms with Crippen LogP contribution in [0.15, 0.2) is 18.2 Å². The van der Waals surface area contributed by atoms with E-state index in [1.54, 1.807) is 9.80 Å². The van der Waals surface area contributed by atoms with Gasteiger partial charge in [0.25, 0.3) is 5.91 Å². The van der Waals surface area contributed by atoms with Gasteiger partial charge in [0.2, 0.25) is 11.9 Å². The van der Waals surface area contributed by atoms with Crippen LogP contribution in [-0.2, 0) is 6.54 Å². The van der Waals surface area contributed by atoms with Crippen LogP contribution in [0.25, 0.3) is 0 Å². The van der Waals surface area contributed by atoms with Crippen LogP contribution in [0.3, 0.4) is 0 Å². The van der Waals surface area contributed by atoms with Gasteiger partial charge in [-0.3, -0.25) is 4.79 Å². The predicted octanol–water partition coefficient (Wildman–Crippen LogP) is 1.73. The molecule has 7 nitrogen and oxygen atoms in total. The molecule has 0 aliphatic carbocycles. The van der Waals surface area contributed by atoms with Crippen LogP contribution in [0.4, 0.5) is 16.3 Å². The van der Waals surface area contributed by atoms with Crippen LogP contribution in [0.2, 0.25) is 5.02 Å². The quantitative estimate of drug-likeness (QED) is 0.883. The maximum absolute atomic E-state index is 13.0. The van der Waals surface area contributed by atoms with Gasteiger partial charge in [0.05, 0.1) is 17.1 Å². The van der Waals surface area contributed by atoms with Crippen molar-refractivity contribution in [1.29, 1.82) is 0 Å². The number of nitrogens with zero attached hydrogens (tertiary/aromatic N) is 5. The molecule has 128 valence electrons. The molecule has 9 heteroatoms. The number of amides is 1. The molecular weight excluding hydrogens is 335 g/mol. The summed E-state index contributed by atoms with van der Waals surface area (Å²) in [4.78, 5) is 28.5. The third-order valence-electron chi connectivity index (χ3n) is 3.04. The highest BCUT2D eigenvalue weighted by atomic mass is 35.5. The molecule has 0 saturated heterocycles. The summed E-state index contributed by atoms with van der Waals surface area (Å²) in [6.45, 7) is 0.0940. The number of benzene rings is 1. The molecule has 0 bridgehead atoms. The van der Waals surface area contributed by atoms with Gasteiger partial charge >= 0.3 is 0 Å². The van der Waals surface area contributed by atoms with E-state index >= 15 is 0 Å². The van der Waals surface area contributed by atoms with Crippen molar-refractivity contribution in [2.45, 2.75) is 6.54 Å². The first-order valence-corrected chi connectivity index (χ1v) is 7.48. The Kier molecular flexibility index (Phi) is 5.50. The highest BCUT2D eigenvalue weighted by molar-refractivity contribution is 6.33. The first-order valence-electron chi connectivity index (χ1n) is 7.10. The zero-order chi connectivity index (χ0) is 17.9. The van der Waals surface area contributed by atoms with Gasteiger partial charge in [0.1, 0.15) is 5.82 Å². The summed E-state index contributed by atoms with van der Waals surface area (Å²) in [7, 11) is 7.26.